The van der Waals surface area contributed by atoms with Gasteiger partial charge < -0.3 is 15.3 Å². The normalized spacial score (nSPS) is 15.3. The first-order valence-electron chi connectivity index (χ1n) is 8.18. The summed E-state index contributed by atoms with van der Waals surface area (Å²) in [5.41, 5.74) is 3.42. The van der Waals surface area contributed by atoms with E-state index in [0.717, 1.165) is 11.5 Å². The van der Waals surface area contributed by atoms with Gasteiger partial charge >= 0.3 is 5.97 Å². The second kappa shape index (κ2) is 6.86. The molecule has 0 spiro atoms. The summed E-state index contributed by atoms with van der Waals surface area (Å²) in [5.74, 6) is 0.446. The molecule has 0 bridgehead atoms. The molecule has 1 aromatic carbocycles. The van der Waals surface area contributed by atoms with Crippen LogP contribution in [0.25, 0.3) is 0 Å². The molecule has 6 heteroatoms. The van der Waals surface area contributed by atoms with E-state index in [1.165, 1.54) is 11.1 Å². The van der Waals surface area contributed by atoms with Crippen molar-refractivity contribution in [2.45, 2.75) is 26.7 Å². The number of rotatable bonds is 4. The van der Waals surface area contributed by atoms with E-state index in [1.807, 2.05) is 12.1 Å². The van der Waals surface area contributed by atoms with Crippen LogP contribution in [0.4, 0.5) is 17.5 Å². The van der Waals surface area contributed by atoms with Gasteiger partial charge in [-0.2, -0.15) is 4.98 Å². The lowest BCUT2D eigenvalue weighted by atomic mass is 9.97. The van der Waals surface area contributed by atoms with Crippen molar-refractivity contribution in [2.24, 2.45) is 5.92 Å². The highest BCUT2D eigenvalue weighted by atomic mass is 16.4. The third-order valence-corrected chi connectivity index (χ3v) is 4.57. The number of carboxylic acid groups (broad SMARTS) is 1. The lowest BCUT2D eigenvalue weighted by Crippen LogP contribution is -2.36. The first kappa shape index (κ1) is 16.2. The smallest absolute Gasteiger partial charge is 0.306 e. The molecule has 1 aromatic heterocycles. The fourth-order valence-corrected chi connectivity index (χ4v) is 2.89. The van der Waals surface area contributed by atoms with Gasteiger partial charge in [0.1, 0.15) is 5.82 Å². The summed E-state index contributed by atoms with van der Waals surface area (Å²) in [6.07, 6.45) is 3.04. The first-order chi connectivity index (χ1) is 11.5. The Morgan fingerprint density at radius 3 is 2.62 bits per heavy atom. The van der Waals surface area contributed by atoms with Crippen LogP contribution >= 0.6 is 0 Å². The Kier molecular flexibility index (Phi) is 4.64. The molecule has 2 heterocycles. The number of anilines is 3. The zero-order valence-electron chi connectivity index (χ0n) is 14.0. The van der Waals surface area contributed by atoms with Crippen molar-refractivity contribution in [1.29, 1.82) is 0 Å². The molecule has 0 unspecified atom stereocenters. The molecular weight excluding hydrogens is 304 g/mol. The maximum Gasteiger partial charge on any atom is 0.306 e. The summed E-state index contributed by atoms with van der Waals surface area (Å²) < 4.78 is 0. The monoisotopic (exact) mass is 326 g/mol. The third kappa shape index (κ3) is 3.64. The summed E-state index contributed by atoms with van der Waals surface area (Å²) >= 11 is 0. The van der Waals surface area contributed by atoms with Crippen molar-refractivity contribution in [2.75, 3.05) is 23.3 Å². The zero-order chi connectivity index (χ0) is 17.1. The van der Waals surface area contributed by atoms with Crippen molar-refractivity contribution in [3.63, 3.8) is 0 Å². The number of benzene rings is 1. The highest BCUT2D eigenvalue weighted by molar-refractivity contribution is 5.70. The van der Waals surface area contributed by atoms with E-state index in [2.05, 4.69) is 46.2 Å². The van der Waals surface area contributed by atoms with Crippen molar-refractivity contribution < 1.29 is 9.90 Å². The number of aromatic nitrogens is 2. The van der Waals surface area contributed by atoms with Gasteiger partial charge in [-0.1, -0.05) is 6.07 Å². The Morgan fingerprint density at radius 1 is 1.21 bits per heavy atom. The zero-order valence-corrected chi connectivity index (χ0v) is 14.0. The molecule has 1 aliphatic rings. The minimum atomic E-state index is -0.700. The van der Waals surface area contributed by atoms with Crippen LogP contribution in [0, 0.1) is 19.8 Å². The Hall–Kier alpha value is -2.63. The number of aliphatic carboxylic acids is 1. The van der Waals surface area contributed by atoms with Crippen molar-refractivity contribution in [3.8, 4) is 0 Å². The fourth-order valence-electron chi connectivity index (χ4n) is 2.89. The van der Waals surface area contributed by atoms with Crippen LogP contribution in [0.1, 0.15) is 24.0 Å². The molecule has 2 N–H and O–H groups in total. The minimum absolute atomic E-state index is 0.240. The topological polar surface area (TPSA) is 78.4 Å². The van der Waals surface area contributed by atoms with Crippen LogP contribution in [0.3, 0.4) is 0 Å². The predicted molar refractivity (Wildman–Crippen MR) is 93.8 cm³/mol. The molecule has 1 saturated heterocycles. The standard InChI is InChI=1S/C18H22N4O2/c1-12-3-4-15(11-13(12)2)20-18-19-8-5-16(21-18)22-9-6-14(7-10-22)17(23)24/h3-5,8,11,14H,6-7,9-10H2,1-2H3,(H,23,24)(H,19,20,21). The van der Waals surface area contributed by atoms with E-state index < -0.39 is 5.97 Å². The van der Waals surface area contributed by atoms with Crippen LogP contribution in [0.5, 0.6) is 0 Å². The summed E-state index contributed by atoms with van der Waals surface area (Å²) in [6, 6.07) is 8.02. The summed E-state index contributed by atoms with van der Waals surface area (Å²) in [6.45, 7) is 5.56. The van der Waals surface area contributed by atoms with E-state index in [-0.39, 0.29) is 5.92 Å². The summed E-state index contributed by atoms with van der Waals surface area (Å²) in [5, 5.41) is 12.3. The van der Waals surface area contributed by atoms with E-state index in [1.54, 1.807) is 6.20 Å². The molecule has 6 nitrogen and oxygen atoms in total. The van der Waals surface area contributed by atoms with Gasteiger partial charge in [0.25, 0.3) is 0 Å². The summed E-state index contributed by atoms with van der Waals surface area (Å²) in [4.78, 5) is 22.0. The number of piperidine rings is 1. The van der Waals surface area contributed by atoms with Gasteiger partial charge in [0.15, 0.2) is 0 Å². The first-order valence-corrected chi connectivity index (χ1v) is 8.18. The number of hydrogen-bond acceptors (Lipinski definition) is 5. The Labute approximate surface area is 141 Å². The Bertz CT molecular complexity index is 740. The van der Waals surface area contributed by atoms with Crippen LogP contribution in [-0.2, 0) is 4.79 Å². The molecule has 126 valence electrons. The maximum atomic E-state index is 11.1. The van der Waals surface area contributed by atoms with Crippen LogP contribution < -0.4 is 10.2 Å². The summed E-state index contributed by atoms with van der Waals surface area (Å²) in [7, 11) is 0. The predicted octanol–water partition coefficient (Wildman–Crippen LogP) is 3.14. The van der Waals surface area contributed by atoms with Crippen LogP contribution in [0.2, 0.25) is 0 Å². The molecule has 3 rings (SSSR count). The van der Waals surface area contributed by atoms with Gasteiger partial charge in [-0.15, -0.1) is 0 Å². The molecule has 2 aromatic rings. The average molecular weight is 326 g/mol. The maximum absolute atomic E-state index is 11.1. The Morgan fingerprint density at radius 2 is 1.96 bits per heavy atom. The Balaban J connectivity index is 1.70. The van der Waals surface area contributed by atoms with E-state index in [9.17, 15) is 4.79 Å². The molecule has 0 radical (unpaired) electrons. The van der Waals surface area contributed by atoms with Crippen molar-refractivity contribution >= 4 is 23.4 Å². The van der Waals surface area contributed by atoms with E-state index >= 15 is 0 Å². The van der Waals surface area contributed by atoms with Gasteiger partial charge in [-0.3, -0.25) is 4.79 Å². The number of carboxylic acids is 1. The number of carbonyl (C=O) groups is 1. The van der Waals surface area contributed by atoms with E-state index in [4.69, 9.17) is 5.11 Å². The molecular formula is C18H22N4O2. The largest absolute Gasteiger partial charge is 0.481 e. The lowest BCUT2D eigenvalue weighted by molar-refractivity contribution is -0.142. The number of hydrogen-bond donors (Lipinski definition) is 2. The van der Waals surface area contributed by atoms with Gasteiger partial charge in [0.2, 0.25) is 5.95 Å². The van der Waals surface area contributed by atoms with Gasteiger partial charge in [-0.25, -0.2) is 4.98 Å². The number of nitrogens with one attached hydrogen (secondary N) is 1. The highest BCUT2D eigenvalue weighted by Gasteiger charge is 2.25. The second-order valence-electron chi connectivity index (χ2n) is 6.26. The SMILES string of the molecule is Cc1ccc(Nc2nccc(N3CCC(C(=O)O)CC3)n2)cc1C. The molecule has 0 atom stereocenters. The van der Waals surface area contributed by atoms with Crippen LogP contribution in [-0.4, -0.2) is 34.1 Å². The van der Waals surface area contributed by atoms with Gasteiger partial charge in [0, 0.05) is 25.0 Å². The molecule has 24 heavy (non-hydrogen) atoms. The second-order valence-corrected chi connectivity index (χ2v) is 6.26. The molecule has 0 amide bonds. The molecule has 1 aliphatic heterocycles. The quantitative estimate of drug-likeness (QED) is 0.899. The van der Waals surface area contributed by atoms with Gasteiger partial charge in [0.05, 0.1) is 5.92 Å². The lowest BCUT2D eigenvalue weighted by Gasteiger charge is -2.31. The molecule has 0 saturated carbocycles. The molecule has 0 aliphatic carbocycles. The minimum Gasteiger partial charge on any atom is -0.481 e. The van der Waals surface area contributed by atoms with Crippen molar-refractivity contribution in [1.82, 2.24) is 9.97 Å². The van der Waals surface area contributed by atoms with Crippen LogP contribution in [0.15, 0.2) is 30.5 Å². The fraction of sp³-hybridized carbons (Fsp3) is 0.389. The molecule has 1 fully saturated rings. The third-order valence-electron chi connectivity index (χ3n) is 4.57. The van der Waals surface area contributed by atoms with Crippen molar-refractivity contribution in [3.05, 3.63) is 41.6 Å². The number of aryl methyl sites for hydroxylation is 2. The average Bonchev–Trinajstić information content (AvgIpc) is 2.58. The number of nitrogens with zero attached hydrogens (tertiary/aromatic N) is 3. The highest BCUT2D eigenvalue weighted by Crippen LogP contribution is 2.23. The van der Waals surface area contributed by atoms with E-state index in [0.29, 0.717) is 31.9 Å². The van der Waals surface area contributed by atoms with Gasteiger partial charge in [-0.05, 0) is 56.0 Å².